The molecule has 0 spiro atoms. The minimum atomic E-state index is -4.76. The number of alkyl halides is 3. The molecule has 1 aromatic heterocycles. The van der Waals surface area contributed by atoms with Gasteiger partial charge in [0.1, 0.15) is 5.75 Å². The van der Waals surface area contributed by atoms with E-state index in [-0.39, 0.29) is 5.75 Å². The van der Waals surface area contributed by atoms with Gasteiger partial charge in [0.05, 0.1) is 10.6 Å². The zero-order valence-electron chi connectivity index (χ0n) is 21.3. The highest BCUT2D eigenvalue weighted by atomic mass is 32.2. The summed E-state index contributed by atoms with van der Waals surface area (Å²) in [7, 11) is 0. The van der Waals surface area contributed by atoms with E-state index in [1.54, 1.807) is 36.5 Å². The number of anilines is 1. The van der Waals surface area contributed by atoms with Gasteiger partial charge in [-0.05, 0) is 72.5 Å². The van der Waals surface area contributed by atoms with E-state index in [0.29, 0.717) is 40.1 Å². The highest BCUT2D eigenvalue weighted by Crippen LogP contribution is 2.34. The van der Waals surface area contributed by atoms with Gasteiger partial charge in [-0.3, -0.25) is 14.9 Å². The number of nitrogens with one attached hydrogen (secondary N) is 2. The molecule has 8 nitrogen and oxygen atoms in total. The van der Waals surface area contributed by atoms with Crippen molar-refractivity contribution in [2.45, 2.75) is 25.7 Å². The number of para-hydroxylation sites is 1. The average molecular weight is 570 g/mol. The zero-order valence-corrected chi connectivity index (χ0v) is 22.1. The predicted octanol–water partition coefficient (Wildman–Crippen LogP) is 5.37. The van der Waals surface area contributed by atoms with E-state index in [1.165, 1.54) is 12.1 Å². The Hall–Kier alpha value is -3.90. The number of hydrogen-bond acceptors (Lipinski definition) is 8. The van der Waals surface area contributed by atoms with Gasteiger partial charge in [0.25, 0.3) is 11.1 Å². The Morgan fingerprint density at radius 1 is 1.10 bits per heavy atom. The van der Waals surface area contributed by atoms with Crippen LogP contribution in [0.4, 0.5) is 23.9 Å². The summed E-state index contributed by atoms with van der Waals surface area (Å²) in [6.07, 6.45) is 0.353. The van der Waals surface area contributed by atoms with Crippen LogP contribution in [0.2, 0.25) is 0 Å². The summed E-state index contributed by atoms with van der Waals surface area (Å²) in [6.45, 7) is 2.96. The summed E-state index contributed by atoms with van der Waals surface area (Å²) in [5, 5.41) is 5.32. The Morgan fingerprint density at radius 2 is 1.90 bits per heavy atom. The molecule has 2 aromatic carbocycles. The molecule has 2 N–H and O–H groups in total. The molecule has 3 heterocycles. The van der Waals surface area contributed by atoms with Crippen LogP contribution < -0.4 is 20.3 Å². The van der Waals surface area contributed by atoms with E-state index in [9.17, 15) is 22.8 Å². The number of piperidine rings is 1. The number of carbonyl (C=O) groups excluding carboxylic acids is 2. The van der Waals surface area contributed by atoms with Gasteiger partial charge < -0.3 is 15.0 Å². The van der Waals surface area contributed by atoms with Crippen molar-refractivity contribution in [3.8, 4) is 16.9 Å². The van der Waals surface area contributed by atoms with Gasteiger partial charge in [-0.25, -0.2) is 9.97 Å². The molecule has 3 aromatic rings. The SMILES string of the molecule is O=C1NC(=O)/C(=C/c2ccnc(N3CCC(CNCc4cccc(-c5ccccc5OC(F)(F)F)c4)CC3)n2)S1. The Morgan fingerprint density at radius 3 is 2.65 bits per heavy atom. The molecule has 0 bridgehead atoms. The number of halogens is 3. The predicted molar refractivity (Wildman–Crippen MR) is 146 cm³/mol. The van der Waals surface area contributed by atoms with Crippen molar-refractivity contribution in [2.24, 2.45) is 5.92 Å². The number of amides is 2. The standard InChI is InChI=1S/C28H26F3N5O3S/c29-28(30,31)39-23-7-2-1-6-22(23)20-5-3-4-19(14-20)17-32-16-18-9-12-36(13-10-18)26-33-11-8-21(34-26)15-24-25(37)35-27(38)40-24/h1-8,11,14-15,18,32H,9-10,12-13,16-17H2,(H,35,37,38)/b24-15-. The number of nitrogens with zero attached hydrogens (tertiary/aromatic N) is 3. The monoisotopic (exact) mass is 569 g/mol. The smallest absolute Gasteiger partial charge is 0.405 e. The van der Waals surface area contributed by atoms with Gasteiger partial charge in [0, 0.05) is 31.4 Å². The second-order valence-corrected chi connectivity index (χ2v) is 10.5. The normalized spacial score (nSPS) is 17.4. The van der Waals surface area contributed by atoms with Crippen molar-refractivity contribution in [1.82, 2.24) is 20.6 Å². The first-order valence-corrected chi connectivity index (χ1v) is 13.5. The van der Waals surface area contributed by atoms with Crippen LogP contribution in [0.5, 0.6) is 5.75 Å². The summed E-state index contributed by atoms with van der Waals surface area (Å²) < 4.78 is 42.7. The Bertz CT molecular complexity index is 1420. The maximum Gasteiger partial charge on any atom is 0.573 e. The third kappa shape index (κ3) is 7.19. The van der Waals surface area contributed by atoms with Crippen LogP contribution in [-0.4, -0.2) is 47.1 Å². The van der Waals surface area contributed by atoms with E-state index >= 15 is 0 Å². The molecule has 2 aliphatic heterocycles. The van der Waals surface area contributed by atoms with Crippen LogP contribution >= 0.6 is 11.8 Å². The lowest BCUT2D eigenvalue weighted by Gasteiger charge is -2.32. The molecule has 208 valence electrons. The summed E-state index contributed by atoms with van der Waals surface area (Å²) in [5.74, 6) is 0.392. The lowest BCUT2D eigenvalue weighted by atomic mass is 9.96. The van der Waals surface area contributed by atoms with Gasteiger partial charge in [0.15, 0.2) is 0 Å². The zero-order chi connectivity index (χ0) is 28.1. The van der Waals surface area contributed by atoms with Gasteiger partial charge in [0.2, 0.25) is 5.95 Å². The van der Waals surface area contributed by atoms with Crippen molar-refractivity contribution in [3.63, 3.8) is 0 Å². The molecule has 0 radical (unpaired) electrons. The summed E-state index contributed by atoms with van der Waals surface area (Å²) in [4.78, 5) is 34.5. The Kier molecular flexibility index (Phi) is 8.36. The number of rotatable bonds is 8. The molecule has 12 heteroatoms. The minimum absolute atomic E-state index is 0.226. The Balaban J connectivity index is 1.13. The second kappa shape index (κ2) is 12.1. The topological polar surface area (TPSA) is 96.5 Å². The number of carbonyl (C=O) groups is 2. The Labute approximate surface area is 233 Å². The van der Waals surface area contributed by atoms with E-state index in [0.717, 1.165) is 49.8 Å². The number of hydrogen-bond donors (Lipinski definition) is 2. The number of ether oxygens (including phenoxy) is 1. The fourth-order valence-corrected chi connectivity index (χ4v) is 5.34. The molecule has 5 rings (SSSR count). The van der Waals surface area contributed by atoms with E-state index in [1.807, 2.05) is 18.2 Å². The molecule has 2 aliphatic rings. The maximum atomic E-state index is 12.8. The third-order valence-electron chi connectivity index (χ3n) is 6.60. The third-order valence-corrected chi connectivity index (χ3v) is 7.41. The van der Waals surface area contributed by atoms with Crippen LogP contribution in [0.3, 0.4) is 0 Å². The highest BCUT2D eigenvalue weighted by molar-refractivity contribution is 8.18. The van der Waals surface area contributed by atoms with Gasteiger partial charge in [-0.15, -0.1) is 13.2 Å². The molecule has 0 aliphatic carbocycles. The van der Waals surface area contributed by atoms with Crippen molar-refractivity contribution >= 4 is 34.9 Å². The fraction of sp³-hybridized carbons (Fsp3) is 0.286. The fourth-order valence-electron chi connectivity index (χ4n) is 4.68. The number of benzene rings is 2. The lowest BCUT2D eigenvalue weighted by Crippen LogP contribution is -2.38. The molecule has 2 amide bonds. The van der Waals surface area contributed by atoms with E-state index < -0.39 is 17.5 Å². The van der Waals surface area contributed by atoms with Crippen molar-refractivity contribution < 1.29 is 27.5 Å². The largest absolute Gasteiger partial charge is 0.573 e. The van der Waals surface area contributed by atoms with E-state index in [2.05, 4.69) is 30.2 Å². The number of aromatic nitrogens is 2. The van der Waals surface area contributed by atoms with Crippen LogP contribution in [0.25, 0.3) is 17.2 Å². The van der Waals surface area contributed by atoms with Crippen LogP contribution in [-0.2, 0) is 11.3 Å². The van der Waals surface area contributed by atoms with Crippen molar-refractivity contribution in [1.29, 1.82) is 0 Å². The molecule has 0 saturated carbocycles. The first kappa shape index (κ1) is 27.7. The number of thioether (sulfide) groups is 1. The second-order valence-electron chi connectivity index (χ2n) is 9.44. The molecule has 40 heavy (non-hydrogen) atoms. The first-order valence-electron chi connectivity index (χ1n) is 12.7. The summed E-state index contributed by atoms with van der Waals surface area (Å²) >= 11 is 0.852. The van der Waals surface area contributed by atoms with Gasteiger partial charge in [-0.2, -0.15) is 0 Å². The quantitative estimate of drug-likeness (QED) is 0.350. The minimum Gasteiger partial charge on any atom is -0.405 e. The van der Waals surface area contributed by atoms with Gasteiger partial charge in [-0.1, -0.05) is 36.4 Å². The average Bonchev–Trinajstić information content (AvgIpc) is 3.25. The van der Waals surface area contributed by atoms with Crippen molar-refractivity contribution in [3.05, 3.63) is 77.0 Å². The van der Waals surface area contributed by atoms with Crippen LogP contribution in [0.1, 0.15) is 24.1 Å². The summed E-state index contributed by atoms with van der Waals surface area (Å²) in [6, 6.07) is 15.2. The molecule has 0 unspecified atom stereocenters. The summed E-state index contributed by atoms with van der Waals surface area (Å²) in [5.41, 5.74) is 2.57. The van der Waals surface area contributed by atoms with Gasteiger partial charge >= 0.3 is 6.36 Å². The van der Waals surface area contributed by atoms with Crippen LogP contribution in [0.15, 0.2) is 65.7 Å². The molecule has 0 atom stereocenters. The highest BCUT2D eigenvalue weighted by Gasteiger charge is 2.32. The van der Waals surface area contributed by atoms with E-state index in [4.69, 9.17) is 0 Å². The molecule has 2 fully saturated rings. The first-order chi connectivity index (χ1) is 19.2. The lowest BCUT2D eigenvalue weighted by molar-refractivity contribution is -0.274. The molecular weight excluding hydrogens is 543 g/mol. The maximum absolute atomic E-state index is 12.8. The van der Waals surface area contributed by atoms with Crippen LogP contribution in [0, 0.1) is 5.92 Å². The molecule has 2 saturated heterocycles. The van der Waals surface area contributed by atoms with Crippen molar-refractivity contribution in [2.75, 3.05) is 24.5 Å². The molecular formula is C28H26F3N5O3S. The number of imide groups is 1.